The lowest BCUT2D eigenvalue weighted by atomic mass is 10.2. The molecule has 2 fully saturated rings. The van der Waals surface area contributed by atoms with Crippen LogP contribution in [0, 0.1) is 5.82 Å². The Kier molecular flexibility index (Phi) is 4.46. The van der Waals surface area contributed by atoms with Gasteiger partial charge in [-0.3, -0.25) is 0 Å². The summed E-state index contributed by atoms with van der Waals surface area (Å²) in [6.45, 7) is 1.39. The summed E-state index contributed by atoms with van der Waals surface area (Å²) < 4.78 is 15.9. The number of amides is 1. The quantitative estimate of drug-likeness (QED) is 0.515. The van der Waals surface area contributed by atoms with Crippen molar-refractivity contribution >= 4 is 22.8 Å². The Balaban J connectivity index is 1.30. The van der Waals surface area contributed by atoms with E-state index in [9.17, 15) is 14.3 Å². The summed E-state index contributed by atoms with van der Waals surface area (Å²) in [5, 5.41) is 14.8. The van der Waals surface area contributed by atoms with Gasteiger partial charge in [-0.15, -0.1) is 0 Å². The first-order valence-corrected chi connectivity index (χ1v) is 10.7. The summed E-state index contributed by atoms with van der Waals surface area (Å²) >= 11 is 0. The number of benzene rings is 1. The molecule has 2 atom stereocenters. The van der Waals surface area contributed by atoms with Crippen LogP contribution >= 0.6 is 0 Å². The van der Waals surface area contributed by atoms with Crippen LogP contribution in [0.25, 0.3) is 22.6 Å². The molecule has 2 bridgehead atoms. The lowest BCUT2D eigenvalue weighted by Crippen LogP contribution is -2.48. The van der Waals surface area contributed by atoms with Crippen molar-refractivity contribution in [1.82, 2.24) is 29.6 Å². The number of halogens is 1. The molecule has 166 valence electrons. The summed E-state index contributed by atoms with van der Waals surface area (Å²) in [6.07, 6.45) is 5.15. The number of nitrogens with zero attached hydrogens (tertiary/aromatic N) is 7. The molecule has 1 amide bonds. The zero-order valence-corrected chi connectivity index (χ0v) is 17.5. The molecule has 0 aliphatic carbocycles. The standard InChI is InChI=1S/C23H20FN7O2/c24-19-6-2-1-4-14(19)11-31-22-18(5-3-7-25-22)20(28-31)21-26-9-17(10-27-21)29-12-16-8-15(29)13-30(16)23(32)33/h1-7,9-10,15-16H,8,11-13H2,(H,32,33). The van der Waals surface area contributed by atoms with Crippen molar-refractivity contribution < 1.29 is 14.3 Å². The van der Waals surface area contributed by atoms with Gasteiger partial charge in [0.2, 0.25) is 0 Å². The van der Waals surface area contributed by atoms with E-state index in [1.165, 1.54) is 11.0 Å². The number of anilines is 1. The van der Waals surface area contributed by atoms with Gasteiger partial charge >= 0.3 is 6.09 Å². The lowest BCUT2D eigenvalue weighted by molar-refractivity contribution is 0.137. The van der Waals surface area contributed by atoms with E-state index in [0.29, 0.717) is 35.8 Å². The molecule has 1 N–H and O–H groups in total. The topological polar surface area (TPSA) is 100 Å². The highest BCUT2D eigenvalue weighted by Gasteiger charge is 2.45. The van der Waals surface area contributed by atoms with E-state index in [-0.39, 0.29) is 24.4 Å². The molecular weight excluding hydrogens is 425 g/mol. The van der Waals surface area contributed by atoms with Crippen molar-refractivity contribution in [2.24, 2.45) is 0 Å². The number of hydrogen-bond acceptors (Lipinski definition) is 6. The van der Waals surface area contributed by atoms with Crippen molar-refractivity contribution in [3.8, 4) is 11.5 Å². The Hall–Kier alpha value is -4.08. The maximum absolute atomic E-state index is 14.2. The van der Waals surface area contributed by atoms with E-state index in [2.05, 4.69) is 25.0 Å². The van der Waals surface area contributed by atoms with E-state index >= 15 is 0 Å². The predicted molar refractivity (Wildman–Crippen MR) is 118 cm³/mol. The van der Waals surface area contributed by atoms with Crippen molar-refractivity contribution in [2.45, 2.75) is 25.0 Å². The molecule has 3 aromatic heterocycles. The molecule has 2 unspecified atom stereocenters. The molecule has 9 nitrogen and oxygen atoms in total. The van der Waals surface area contributed by atoms with Crippen molar-refractivity contribution in [3.63, 3.8) is 0 Å². The van der Waals surface area contributed by atoms with Gasteiger partial charge in [0.25, 0.3) is 0 Å². The van der Waals surface area contributed by atoms with E-state index in [4.69, 9.17) is 0 Å². The molecule has 0 radical (unpaired) electrons. The number of likely N-dealkylation sites (tertiary alicyclic amines) is 1. The molecule has 2 aliphatic rings. The fourth-order valence-corrected chi connectivity index (χ4v) is 4.88. The number of carboxylic acid groups (broad SMARTS) is 1. The summed E-state index contributed by atoms with van der Waals surface area (Å²) in [5.41, 5.74) is 2.61. The highest BCUT2D eigenvalue weighted by molar-refractivity contribution is 5.89. The third-order valence-electron chi connectivity index (χ3n) is 6.45. The van der Waals surface area contributed by atoms with E-state index in [0.717, 1.165) is 17.5 Å². The Morgan fingerprint density at radius 3 is 2.61 bits per heavy atom. The minimum atomic E-state index is -0.861. The number of hydrogen-bond donors (Lipinski definition) is 1. The summed E-state index contributed by atoms with van der Waals surface area (Å²) in [6, 6.07) is 10.5. The number of pyridine rings is 1. The van der Waals surface area contributed by atoms with Crippen LogP contribution in [0.15, 0.2) is 55.0 Å². The first-order valence-electron chi connectivity index (χ1n) is 10.7. The van der Waals surface area contributed by atoms with Crippen molar-refractivity contribution in [1.29, 1.82) is 0 Å². The minimum absolute atomic E-state index is 0.0104. The molecule has 5 heterocycles. The molecule has 6 rings (SSSR count). The molecule has 2 aliphatic heterocycles. The average Bonchev–Trinajstić information content (AvgIpc) is 3.54. The SMILES string of the molecule is O=C(O)N1CC2CC1CN2c1cnc(-c2nn(Cc3ccccc3F)c3ncccc23)nc1. The Labute approximate surface area is 188 Å². The van der Waals surface area contributed by atoms with Gasteiger partial charge in [-0.05, 0) is 24.6 Å². The molecule has 4 aromatic rings. The first kappa shape index (κ1) is 19.6. The lowest BCUT2D eigenvalue weighted by Gasteiger charge is -2.33. The van der Waals surface area contributed by atoms with Gasteiger partial charge in [0.05, 0.1) is 36.1 Å². The zero-order chi connectivity index (χ0) is 22.5. The van der Waals surface area contributed by atoms with Crippen LogP contribution in [-0.4, -0.2) is 66.0 Å². The molecule has 0 spiro atoms. The smallest absolute Gasteiger partial charge is 0.407 e. The molecule has 33 heavy (non-hydrogen) atoms. The predicted octanol–water partition coefficient (Wildman–Crippen LogP) is 3.02. The zero-order valence-electron chi connectivity index (χ0n) is 17.5. The van der Waals surface area contributed by atoms with Gasteiger partial charge in [-0.1, -0.05) is 18.2 Å². The van der Waals surface area contributed by atoms with Crippen LogP contribution in [0.3, 0.4) is 0 Å². The molecule has 10 heteroatoms. The van der Waals surface area contributed by atoms with Crippen molar-refractivity contribution in [3.05, 3.63) is 66.4 Å². The molecule has 0 saturated carbocycles. The third-order valence-corrected chi connectivity index (χ3v) is 6.45. The normalized spacial score (nSPS) is 19.5. The molecule has 2 saturated heterocycles. The Morgan fingerprint density at radius 1 is 1.06 bits per heavy atom. The maximum atomic E-state index is 14.2. The van der Waals surface area contributed by atoms with E-state index in [1.807, 2.05) is 12.1 Å². The maximum Gasteiger partial charge on any atom is 0.407 e. The van der Waals surface area contributed by atoms with Crippen molar-refractivity contribution in [2.75, 3.05) is 18.0 Å². The number of carbonyl (C=O) groups is 1. The van der Waals surface area contributed by atoms with Gasteiger partial charge in [0.1, 0.15) is 11.5 Å². The largest absolute Gasteiger partial charge is 0.465 e. The van der Waals surface area contributed by atoms with Crippen LogP contribution in [0.1, 0.15) is 12.0 Å². The highest BCUT2D eigenvalue weighted by Crippen LogP contribution is 2.34. The minimum Gasteiger partial charge on any atom is -0.465 e. The second kappa shape index (κ2) is 7.51. The van der Waals surface area contributed by atoms with E-state index < -0.39 is 6.09 Å². The summed E-state index contributed by atoms with van der Waals surface area (Å²) in [4.78, 5) is 28.6. The van der Waals surface area contributed by atoms with Crippen LogP contribution in [0.2, 0.25) is 0 Å². The average molecular weight is 445 g/mol. The fraction of sp³-hybridized carbons (Fsp3) is 0.261. The Bertz CT molecular complexity index is 1360. The Morgan fingerprint density at radius 2 is 1.88 bits per heavy atom. The first-order chi connectivity index (χ1) is 16.1. The third kappa shape index (κ3) is 3.25. The van der Waals surface area contributed by atoms with Crippen LogP contribution in [-0.2, 0) is 6.54 Å². The van der Waals surface area contributed by atoms with Crippen LogP contribution in [0.4, 0.5) is 14.9 Å². The molecular formula is C23H20FN7O2. The van der Waals surface area contributed by atoms with Gasteiger partial charge < -0.3 is 14.9 Å². The number of piperazine rings is 1. The van der Waals surface area contributed by atoms with Gasteiger partial charge in [-0.25, -0.2) is 28.8 Å². The number of fused-ring (bicyclic) bond motifs is 3. The second-order valence-corrected chi connectivity index (χ2v) is 8.37. The summed E-state index contributed by atoms with van der Waals surface area (Å²) in [7, 11) is 0. The second-order valence-electron chi connectivity index (χ2n) is 8.37. The highest BCUT2D eigenvalue weighted by atomic mass is 19.1. The van der Waals surface area contributed by atoms with Gasteiger partial charge in [0, 0.05) is 30.9 Å². The van der Waals surface area contributed by atoms with Crippen LogP contribution in [0.5, 0.6) is 0 Å². The van der Waals surface area contributed by atoms with Crippen LogP contribution < -0.4 is 4.90 Å². The molecule has 1 aromatic carbocycles. The number of aromatic nitrogens is 5. The monoisotopic (exact) mass is 445 g/mol. The van der Waals surface area contributed by atoms with Gasteiger partial charge in [0.15, 0.2) is 11.5 Å². The van der Waals surface area contributed by atoms with Gasteiger partial charge in [-0.2, -0.15) is 5.10 Å². The fourth-order valence-electron chi connectivity index (χ4n) is 4.88. The summed E-state index contributed by atoms with van der Waals surface area (Å²) in [5.74, 6) is 0.168. The number of rotatable bonds is 4. The van der Waals surface area contributed by atoms with E-state index in [1.54, 1.807) is 41.5 Å².